The van der Waals surface area contributed by atoms with Gasteiger partial charge in [-0.3, -0.25) is 9.69 Å². The summed E-state index contributed by atoms with van der Waals surface area (Å²) in [6, 6.07) is 23.0. The number of aliphatic imine (C=N–C) groups is 1. The van der Waals surface area contributed by atoms with E-state index >= 15 is 0 Å². The summed E-state index contributed by atoms with van der Waals surface area (Å²) in [6.45, 7) is 4.31. The lowest BCUT2D eigenvalue weighted by Gasteiger charge is -2.16. The second kappa shape index (κ2) is 11.1. The van der Waals surface area contributed by atoms with E-state index in [9.17, 15) is 4.79 Å². The first-order valence-corrected chi connectivity index (χ1v) is 12.1. The molecule has 0 atom stereocenters. The molecule has 1 fully saturated rings. The molecule has 35 heavy (non-hydrogen) atoms. The molecule has 0 aromatic heterocycles. The van der Waals surface area contributed by atoms with Crippen molar-refractivity contribution in [2.24, 2.45) is 4.99 Å². The molecule has 0 radical (unpaired) electrons. The molecular weight excluding hydrogens is 460 g/mol. The Morgan fingerprint density at radius 3 is 2.34 bits per heavy atom. The zero-order valence-corrected chi connectivity index (χ0v) is 21.0. The molecule has 1 aliphatic rings. The highest BCUT2D eigenvalue weighted by atomic mass is 32.2. The fraction of sp³-hybridized carbons (Fsp3) is 0.214. The molecule has 180 valence electrons. The van der Waals surface area contributed by atoms with Crippen molar-refractivity contribution in [2.45, 2.75) is 26.5 Å². The average Bonchev–Trinajstić information content (AvgIpc) is 3.14. The largest absolute Gasteiger partial charge is 0.497 e. The fourth-order valence-electron chi connectivity index (χ4n) is 3.57. The molecular formula is C28H28N2O4S. The Labute approximate surface area is 210 Å². The summed E-state index contributed by atoms with van der Waals surface area (Å²) in [5, 5.41) is 0.623. The van der Waals surface area contributed by atoms with Crippen molar-refractivity contribution in [3.05, 3.63) is 88.8 Å². The number of benzene rings is 3. The van der Waals surface area contributed by atoms with Crippen LogP contribution in [0.4, 0.5) is 5.69 Å². The van der Waals surface area contributed by atoms with Gasteiger partial charge in [0.15, 0.2) is 16.7 Å². The number of thioether (sulfide) groups is 1. The molecule has 0 bridgehead atoms. The molecule has 7 heteroatoms. The van der Waals surface area contributed by atoms with Gasteiger partial charge < -0.3 is 14.2 Å². The number of hydrogen-bond donors (Lipinski definition) is 0. The van der Waals surface area contributed by atoms with Crippen LogP contribution in [0.1, 0.15) is 25.0 Å². The summed E-state index contributed by atoms with van der Waals surface area (Å²) in [5.74, 6) is 1.89. The first-order valence-electron chi connectivity index (χ1n) is 11.3. The van der Waals surface area contributed by atoms with Gasteiger partial charge in [-0.05, 0) is 67.6 Å². The number of amidine groups is 1. The molecule has 3 aromatic carbocycles. The minimum absolute atomic E-state index is 0.0443. The number of rotatable bonds is 8. The summed E-state index contributed by atoms with van der Waals surface area (Å²) in [6.07, 6.45) is 1.80. The Kier molecular flexibility index (Phi) is 7.77. The van der Waals surface area contributed by atoms with E-state index in [1.165, 1.54) is 11.8 Å². The van der Waals surface area contributed by atoms with Gasteiger partial charge in [-0.15, -0.1) is 0 Å². The number of para-hydroxylation sites is 2. The number of ether oxygens (including phenoxy) is 3. The number of carbonyl (C=O) groups is 1. The van der Waals surface area contributed by atoms with Gasteiger partial charge in [0.2, 0.25) is 0 Å². The highest BCUT2D eigenvalue weighted by molar-refractivity contribution is 8.18. The summed E-state index contributed by atoms with van der Waals surface area (Å²) < 4.78 is 16.8. The standard InChI is InChI=1S/C28H28N2O4S/c1-19(2)34-26-21(9-8-12-24(26)33-4)17-25-27(31)30(18-20-13-15-23(32-3)16-14-20)28(35-25)29-22-10-6-5-7-11-22/h5-17,19H,18H2,1-4H3/b25-17-,29-28?. The van der Waals surface area contributed by atoms with Crippen LogP contribution in [0.25, 0.3) is 6.08 Å². The molecule has 1 aliphatic heterocycles. The molecule has 0 spiro atoms. The maximum atomic E-state index is 13.6. The van der Waals surface area contributed by atoms with E-state index in [4.69, 9.17) is 19.2 Å². The van der Waals surface area contributed by atoms with Gasteiger partial charge in [0.05, 0.1) is 37.5 Å². The predicted octanol–water partition coefficient (Wildman–Crippen LogP) is 6.30. The van der Waals surface area contributed by atoms with E-state index in [-0.39, 0.29) is 12.0 Å². The maximum absolute atomic E-state index is 13.6. The van der Waals surface area contributed by atoms with Crippen LogP contribution in [0.15, 0.2) is 82.7 Å². The quantitative estimate of drug-likeness (QED) is 0.349. The van der Waals surface area contributed by atoms with E-state index < -0.39 is 0 Å². The molecule has 3 aromatic rings. The van der Waals surface area contributed by atoms with E-state index in [2.05, 4.69) is 0 Å². The van der Waals surface area contributed by atoms with Crippen molar-refractivity contribution in [1.82, 2.24) is 4.90 Å². The second-order valence-corrected chi connectivity index (χ2v) is 9.13. The molecule has 0 unspecified atom stereocenters. The van der Waals surface area contributed by atoms with Crippen molar-refractivity contribution in [3.63, 3.8) is 0 Å². The van der Waals surface area contributed by atoms with Crippen LogP contribution >= 0.6 is 11.8 Å². The molecule has 6 nitrogen and oxygen atoms in total. The topological polar surface area (TPSA) is 60.4 Å². The second-order valence-electron chi connectivity index (χ2n) is 8.13. The highest BCUT2D eigenvalue weighted by Crippen LogP contribution is 2.39. The first-order chi connectivity index (χ1) is 17.0. The van der Waals surface area contributed by atoms with E-state index in [0.717, 1.165) is 22.6 Å². The van der Waals surface area contributed by atoms with Crippen molar-refractivity contribution in [2.75, 3.05) is 14.2 Å². The van der Waals surface area contributed by atoms with Gasteiger partial charge in [0, 0.05) is 5.56 Å². The number of amides is 1. The summed E-state index contributed by atoms with van der Waals surface area (Å²) >= 11 is 1.35. The van der Waals surface area contributed by atoms with Crippen LogP contribution < -0.4 is 14.2 Å². The Morgan fingerprint density at radius 1 is 0.943 bits per heavy atom. The fourth-order valence-corrected chi connectivity index (χ4v) is 4.56. The predicted molar refractivity (Wildman–Crippen MR) is 141 cm³/mol. The molecule has 0 aliphatic carbocycles. The van der Waals surface area contributed by atoms with E-state index in [0.29, 0.717) is 28.1 Å². The first kappa shape index (κ1) is 24.4. The lowest BCUT2D eigenvalue weighted by atomic mass is 10.1. The van der Waals surface area contributed by atoms with Crippen LogP contribution in [-0.2, 0) is 11.3 Å². The summed E-state index contributed by atoms with van der Waals surface area (Å²) in [7, 11) is 3.24. The Bertz CT molecular complexity index is 1240. The van der Waals surface area contributed by atoms with Gasteiger partial charge in [-0.2, -0.15) is 0 Å². The van der Waals surface area contributed by atoms with Crippen molar-refractivity contribution < 1.29 is 19.0 Å². The van der Waals surface area contributed by atoms with Crippen molar-refractivity contribution >= 4 is 34.6 Å². The minimum Gasteiger partial charge on any atom is -0.497 e. The van der Waals surface area contributed by atoms with Gasteiger partial charge in [-0.1, -0.05) is 42.5 Å². The maximum Gasteiger partial charge on any atom is 0.267 e. The Hall–Kier alpha value is -3.71. The SMILES string of the molecule is COc1ccc(CN2C(=O)/C(=C/c3cccc(OC)c3OC(C)C)SC2=Nc2ccccc2)cc1. The van der Waals surface area contributed by atoms with Gasteiger partial charge in [-0.25, -0.2) is 4.99 Å². The van der Waals surface area contributed by atoms with Gasteiger partial charge >= 0.3 is 0 Å². The number of carbonyl (C=O) groups excluding carboxylic acids is 1. The van der Waals surface area contributed by atoms with Crippen LogP contribution in [-0.4, -0.2) is 36.3 Å². The number of nitrogens with zero attached hydrogens (tertiary/aromatic N) is 2. The smallest absolute Gasteiger partial charge is 0.267 e. The molecule has 4 rings (SSSR count). The van der Waals surface area contributed by atoms with Gasteiger partial charge in [0.25, 0.3) is 5.91 Å². The van der Waals surface area contributed by atoms with Crippen LogP contribution in [0.3, 0.4) is 0 Å². The summed E-state index contributed by atoms with van der Waals surface area (Å²) in [4.78, 5) is 20.6. The van der Waals surface area contributed by atoms with Crippen LogP contribution in [0, 0.1) is 0 Å². The van der Waals surface area contributed by atoms with Crippen LogP contribution in [0.2, 0.25) is 0 Å². The molecule has 1 amide bonds. The van der Waals surface area contributed by atoms with E-state index in [1.807, 2.05) is 92.7 Å². The third-order valence-corrected chi connectivity index (χ3v) is 6.24. The monoisotopic (exact) mass is 488 g/mol. The number of methoxy groups -OCH3 is 2. The van der Waals surface area contributed by atoms with Crippen molar-refractivity contribution in [3.8, 4) is 17.2 Å². The third kappa shape index (κ3) is 5.87. The lowest BCUT2D eigenvalue weighted by molar-refractivity contribution is -0.122. The molecule has 1 heterocycles. The minimum atomic E-state index is -0.112. The Morgan fingerprint density at radius 2 is 1.69 bits per heavy atom. The van der Waals surface area contributed by atoms with Gasteiger partial charge in [0.1, 0.15) is 5.75 Å². The molecule has 0 saturated carbocycles. The average molecular weight is 489 g/mol. The van der Waals surface area contributed by atoms with Crippen molar-refractivity contribution in [1.29, 1.82) is 0 Å². The normalized spacial score (nSPS) is 15.8. The highest BCUT2D eigenvalue weighted by Gasteiger charge is 2.34. The summed E-state index contributed by atoms with van der Waals surface area (Å²) in [5.41, 5.74) is 2.54. The lowest BCUT2D eigenvalue weighted by Crippen LogP contribution is -2.28. The molecule has 1 saturated heterocycles. The van der Waals surface area contributed by atoms with E-state index in [1.54, 1.807) is 19.1 Å². The zero-order valence-electron chi connectivity index (χ0n) is 20.2. The third-order valence-electron chi connectivity index (χ3n) is 5.24. The Balaban J connectivity index is 1.72. The van der Waals surface area contributed by atoms with Crippen LogP contribution in [0.5, 0.6) is 17.2 Å². The number of hydrogen-bond acceptors (Lipinski definition) is 6. The zero-order chi connectivity index (χ0) is 24.8. The molecule has 0 N–H and O–H groups in total.